The number of aromatic nitrogens is 3. The maximum atomic E-state index is 12.9. The van der Waals surface area contributed by atoms with Crippen LogP contribution in [0.4, 0.5) is 5.82 Å². The van der Waals surface area contributed by atoms with Crippen molar-refractivity contribution in [2.24, 2.45) is 0 Å². The van der Waals surface area contributed by atoms with Crippen LogP contribution in [0.25, 0.3) is 10.2 Å². The molecular weight excluding hydrogens is 430 g/mol. The smallest absolute Gasteiger partial charge is 0.262 e. The molecule has 2 N–H and O–H groups in total. The van der Waals surface area contributed by atoms with Crippen LogP contribution < -0.4 is 15.4 Å². The predicted octanol–water partition coefficient (Wildman–Crippen LogP) is 4.61. The van der Waals surface area contributed by atoms with E-state index in [1.54, 1.807) is 13.3 Å². The van der Waals surface area contributed by atoms with E-state index in [9.17, 15) is 4.79 Å². The number of rotatable bonds is 8. The van der Waals surface area contributed by atoms with Crippen molar-refractivity contribution >= 4 is 44.6 Å². The number of methoxy groups -OCH3 is 1. The van der Waals surface area contributed by atoms with Crippen molar-refractivity contribution in [2.75, 3.05) is 19.0 Å². The molecule has 7 nitrogen and oxygen atoms in total. The number of nitrogens with one attached hydrogen (secondary N) is 2. The summed E-state index contributed by atoms with van der Waals surface area (Å²) >= 11 is 2.91. The minimum absolute atomic E-state index is 0.120. The molecule has 31 heavy (non-hydrogen) atoms. The van der Waals surface area contributed by atoms with Gasteiger partial charge in [0.1, 0.15) is 27.7 Å². The first kappa shape index (κ1) is 21.2. The Morgan fingerprint density at radius 3 is 2.90 bits per heavy atom. The summed E-state index contributed by atoms with van der Waals surface area (Å²) in [5.41, 5.74) is 2.06. The van der Waals surface area contributed by atoms with Gasteiger partial charge in [0.25, 0.3) is 5.91 Å². The first-order valence-corrected chi connectivity index (χ1v) is 11.6. The van der Waals surface area contributed by atoms with Crippen LogP contribution in [-0.2, 0) is 6.42 Å². The Hall–Kier alpha value is -3.04. The van der Waals surface area contributed by atoms with Crippen LogP contribution in [0, 0.1) is 6.92 Å². The Balaban J connectivity index is 1.50. The van der Waals surface area contributed by atoms with Crippen molar-refractivity contribution in [1.82, 2.24) is 20.3 Å². The normalized spacial score (nSPS) is 12.0. The summed E-state index contributed by atoms with van der Waals surface area (Å²) in [6, 6.07) is 7.86. The lowest BCUT2D eigenvalue weighted by Gasteiger charge is -2.11. The lowest BCUT2D eigenvalue weighted by molar-refractivity contribution is 0.0943. The molecule has 1 aromatic carbocycles. The molecule has 0 fully saturated rings. The topological polar surface area (TPSA) is 89.0 Å². The quantitative estimate of drug-likeness (QED) is 0.405. The van der Waals surface area contributed by atoms with Gasteiger partial charge in [-0.25, -0.2) is 15.0 Å². The Bertz CT molecular complexity index is 1190. The molecule has 3 aromatic heterocycles. The molecule has 1 atom stereocenters. The molecule has 0 spiro atoms. The van der Waals surface area contributed by atoms with Gasteiger partial charge >= 0.3 is 0 Å². The highest BCUT2D eigenvalue weighted by molar-refractivity contribution is 7.20. The zero-order valence-corrected chi connectivity index (χ0v) is 19.1. The Morgan fingerprint density at radius 2 is 2.13 bits per heavy atom. The van der Waals surface area contributed by atoms with Gasteiger partial charge in [0.2, 0.25) is 0 Å². The molecule has 0 aliphatic carbocycles. The highest BCUT2D eigenvalue weighted by Gasteiger charge is 2.21. The van der Waals surface area contributed by atoms with Crippen LogP contribution in [0.2, 0.25) is 0 Å². The number of amides is 1. The second-order valence-electron chi connectivity index (χ2n) is 7.05. The van der Waals surface area contributed by atoms with E-state index >= 15 is 0 Å². The van der Waals surface area contributed by atoms with Crippen LogP contribution in [0.1, 0.15) is 38.8 Å². The number of hydrogen-bond donors (Lipinski definition) is 2. The maximum absolute atomic E-state index is 12.9. The minimum atomic E-state index is -0.149. The number of carbonyl (C=O) groups is 1. The molecule has 9 heteroatoms. The Kier molecular flexibility index (Phi) is 6.43. The van der Waals surface area contributed by atoms with Crippen molar-refractivity contribution in [3.05, 3.63) is 63.2 Å². The van der Waals surface area contributed by atoms with Crippen LogP contribution in [0.5, 0.6) is 5.75 Å². The lowest BCUT2D eigenvalue weighted by Crippen LogP contribution is -2.26. The third kappa shape index (κ3) is 4.67. The summed E-state index contributed by atoms with van der Waals surface area (Å²) in [6.07, 6.45) is 4.10. The summed E-state index contributed by atoms with van der Waals surface area (Å²) in [6.45, 7) is 4.58. The van der Waals surface area contributed by atoms with E-state index in [1.165, 1.54) is 34.6 Å². The van der Waals surface area contributed by atoms with Gasteiger partial charge in [0.05, 0.1) is 23.4 Å². The summed E-state index contributed by atoms with van der Waals surface area (Å²) < 4.78 is 5.29. The average molecular weight is 454 g/mol. The van der Waals surface area contributed by atoms with Crippen molar-refractivity contribution in [3.8, 4) is 5.75 Å². The SMILES string of the molecule is COc1cccc(CCNc2ncnc3sc(C(=O)N[C@H](C)c4nccs4)c(C)c23)c1. The number of fused-ring (bicyclic) bond motifs is 1. The molecule has 4 rings (SSSR count). The van der Waals surface area contributed by atoms with Gasteiger partial charge in [0.15, 0.2) is 0 Å². The number of carbonyl (C=O) groups excluding carboxylic acids is 1. The number of aryl methyl sites for hydroxylation is 1. The monoisotopic (exact) mass is 453 g/mol. The van der Waals surface area contributed by atoms with E-state index in [4.69, 9.17) is 4.74 Å². The molecule has 0 aliphatic rings. The molecule has 0 saturated heterocycles. The van der Waals surface area contributed by atoms with Crippen molar-refractivity contribution < 1.29 is 9.53 Å². The molecule has 1 amide bonds. The third-order valence-corrected chi connectivity index (χ3v) is 7.10. The van der Waals surface area contributed by atoms with Gasteiger partial charge in [-0.3, -0.25) is 4.79 Å². The van der Waals surface area contributed by atoms with Gasteiger partial charge in [-0.05, 0) is 43.5 Å². The highest BCUT2D eigenvalue weighted by Crippen LogP contribution is 2.33. The number of hydrogen-bond acceptors (Lipinski definition) is 8. The maximum Gasteiger partial charge on any atom is 0.262 e. The summed E-state index contributed by atoms with van der Waals surface area (Å²) in [4.78, 5) is 27.4. The number of nitrogens with zero attached hydrogens (tertiary/aromatic N) is 3. The average Bonchev–Trinajstić information content (AvgIpc) is 3.43. The molecule has 0 radical (unpaired) electrons. The predicted molar refractivity (Wildman–Crippen MR) is 125 cm³/mol. The van der Waals surface area contributed by atoms with Gasteiger partial charge < -0.3 is 15.4 Å². The summed E-state index contributed by atoms with van der Waals surface area (Å²) in [5, 5.41) is 10.1. The Morgan fingerprint density at radius 1 is 1.26 bits per heavy atom. The zero-order valence-electron chi connectivity index (χ0n) is 17.5. The van der Waals surface area contributed by atoms with E-state index in [0.29, 0.717) is 11.4 Å². The van der Waals surface area contributed by atoms with E-state index in [-0.39, 0.29) is 11.9 Å². The highest BCUT2D eigenvalue weighted by atomic mass is 32.1. The number of anilines is 1. The van der Waals surface area contributed by atoms with Gasteiger partial charge in [0, 0.05) is 18.1 Å². The standard InChI is InChI=1S/C22H23N5O2S2/c1-13-17-19(23-8-7-15-5-4-6-16(11-15)29-3)25-12-26-22(17)31-18(13)20(28)27-14(2)21-24-9-10-30-21/h4-6,9-12,14H,7-8H2,1-3H3,(H,27,28)(H,23,25,26)/t14-/m1/s1. The molecule has 3 heterocycles. The molecule has 0 saturated carbocycles. The second kappa shape index (κ2) is 9.40. The third-order valence-electron chi connectivity index (χ3n) is 4.94. The molecule has 0 unspecified atom stereocenters. The van der Waals surface area contributed by atoms with Gasteiger partial charge in [-0.2, -0.15) is 0 Å². The van der Waals surface area contributed by atoms with Crippen molar-refractivity contribution in [3.63, 3.8) is 0 Å². The second-order valence-corrected chi connectivity index (χ2v) is 8.98. The van der Waals surface area contributed by atoms with Gasteiger partial charge in [-0.1, -0.05) is 12.1 Å². The van der Waals surface area contributed by atoms with Crippen molar-refractivity contribution in [2.45, 2.75) is 26.3 Å². The molecule has 0 aliphatic heterocycles. The van der Waals surface area contributed by atoms with E-state index < -0.39 is 0 Å². The number of thiazole rings is 1. The summed E-state index contributed by atoms with van der Waals surface area (Å²) in [7, 11) is 1.67. The van der Waals surface area contributed by atoms with Crippen molar-refractivity contribution in [1.29, 1.82) is 0 Å². The van der Waals surface area contributed by atoms with Crippen LogP contribution >= 0.6 is 22.7 Å². The first-order chi connectivity index (χ1) is 15.1. The molecule has 0 bridgehead atoms. The fourth-order valence-corrected chi connectivity index (χ4v) is 5.05. The minimum Gasteiger partial charge on any atom is -0.497 e. The fraction of sp³-hybridized carbons (Fsp3) is 0.273. The first-order valence-electron chi connectivity index (χ1n) is 9.88. The Labute approximate surface area is 188 Å². The fourth-order valence-electron chi connectivity index (χ4n) is 3.35. The lowest BCUT2D eigenvalue weighted by atomic mass is 10.1. The number of thiophene rings is 1. The van der Waals surface area contributed by atoms with Gasteiger partial charge in [-0.15, -0.1) is 22.7 Å². The molecular formula is C22H23N5O2S2. The number of ether oxygens (including phenoxy) is 1. The van der Waals surface area contributed by atoms with E-state index in [1.807, 2.05) is 37.4 Å². The summed E-state index contributed by atoms with van der Waals surface area (Å²) in [5.74, 6) is 1.47. The van der Waals surface area contributed by atoms with E-state index in [2.05, 4.69) is 31.7 Å². The zero-order chi connectivity index (χ0) is 21.8. The van der Waals surface area contributed by atoms with Crippen LogP contribution in [0.15, 0.2) is 42.2 Å². The molecule has 160 valence electrons. The largest absolute Gasteiger partial charge is 0.497 e. The molecule has 4 aromatic rings. The van der Waals surface area contributed by atoms with Crippen LogP contribution in [0.3, 0.4) is 0 Å². The van der Waals surface area contributed by atoms with E-state index in [0.717, 1.165) is 38.8 Å². The van der Waals surface area contributed by atoms with Crippen LogP contribution in [-0.4, -0.2) is 34.5 Å². The number of benzene rings is 1.